The summed E-state index contributed by atoms with van der Waals surface area (Å²) in [6, 6.07) is 17.6. The highest BCUT2D eigenvalue weighted by Gasteiger charge is 2.46. The summed E-state index contributed by atoms with van der Waals surface area (Å²) in [6.07, 6.45) is 0.400. The topological polar surface area (TPSA) is 70.6 Å². The third-order valence-electron chi connectivity index (χ3n) is 6.78. The van der Waals surface area contributed by atoms with Gasteiger partial charge in [0.05, 0.1) is 27.9 Å². The van der Waals surface area contributed by atoms with Crippen LogP contribution in [0.4, 0.5) is 10.1 Å². The molecular formula is C29H26FN3O3S. The Morgan fingerprint density at radius 1 is 1.14 bits per heavy atom. The predicted molar refractivity (Wildman–Crippen MR) is 143 cm³/mol. The third-order valence-corrected chi connectivity index (χ3v) is 7.85. The lowest BCUT2D eigenvalue weighted by atomic mass is 10.1. The standard InChI is InChI=1S/C29H26FN3O3S/c1-4-18(3)32(28(35)21-7-5-6-8-22(21)30)24-16-26(34)33(29(24)36)20-12-10-19(11-13-20)27-31-23-14-9-17(2)15-25(23)37-27/h5-15,18,24H,4,16H2,1-3H3. The molecule has 188 valence electrons. The Bertz CT molecular complexity index is 1510. The molecule has 2 heterocycles. The van der Waals surface area contributed by atoms with Crippen LogP contribution in [0.25, 0.3) is 20.8 Å². The normalized spacial score (nSPS) is 16.4. The number of carbonyl (C=O) groups excluding carboxylic acids is 3. The number of hydrogen-bond acceptors (Lipinski definition) is 5. The van der Waals surface area contributed by atoms with Crippen LogP contribution in [-0.2, 0) is 9.59 Å². The minimum absolute atomic E-state index is 0.114. The van der Waals surface area contributed by atoms with Crippen molar-refractivity contribution >= 4 is 45.0 Å². The van der Waals surface area contributed by atoms with E-state index in [1.165, 1.54) is 28.7 Å². The maximum Gasteiger partial charge on any atom is 0.257 e. The summed E-state index contributed by atoms with van der Waals surface area (Å²) < 4.78 is 15.5. The van der Waals surface area contributed by atoms with Crippen LogP contribution in [0.1, 0.15) is 42.6 Å². The van der Waals surface area contributed by atoms with Crippen molar-refractivity contribution in [3.05, 3.63) is 83.7 Å². The number of amides is 3. The van der Waals surface area contributed by atoms with Gasteiger partial charge >= 0.3 is 0 Å². The predicted octanol–water partition coefficient (Wildman–Crippen LogP) is 5.98. The van der Waals surface area contributed by atoms with Gasteiger partial charge in [-0.05, 0) is 74.4 Å². The molecule has 5 rings (SSSR count). The lowest BCUT2D eigenvalue weighted by Crippen LogP contribution is -2.50. The lowest BCUT2D eigenvalue weighted by molar-refractivity contribution is -0.122. The molecule has 37 heavy (non-hydrogen) atoms. The summed E-state index contributed by atoms with van der Waals surface area (Å²) in [5.74, 6) is -2.14. The molecular weight excluding hydrogens is 489 g/mol. The summed E-state index contributed by atoms with van der Waals surface area (Å²) in [5.41, 5.74) is 3.29. The third kappa shape index (κ3) is 4.53. The summed E-state index contributed by atoms with van der Waals surface area (Å²) in [4.78, 5) is 47.1. The first-order chi connectivity index (χ1) is 17.8. The fourth-order valence-electron chi connectivity index (χ4n) is 4.63. The quantitative estimate of drug-likeness (QED) is 0.296. The highest BCUT2D eigenvalue weighted by molar-refractivity contribution is 7.21. The molecule has 0 radical (unpaired) electrons. The van der Waals surface area contributed by atoms with Crippen molar-refractivity contribution in [2.45, 2.75) is 45.7 Å². The van der Waals surface area contributed by atoms with Crippen LogP contribution >= 0.6 is 11.3 Å². The molecule has 1 fully saturated rings. The summed E-state index contributed by atoms with van der Waals surface area (Å²) in [7, 11) is 0. The number of halogens is 1. The van der Waals surface area contributed by atoms with Crippen LogP contribution < -0.4 is 4.90 Å². The number of aromatic nitrogens is 1. The van der Waals surface area contributed by atoms with Crippen LogP contribution in [0.2, 0.25) is 0 Å². The Balaban J connectivity index is 1.42. The van der Waals surface area contributed by atoms with Gasteiger partial charge in [-0.2, -0.15) is 0 Å². The van der Waals surface area contributed by atoms with E-state index in [0.717, 1.165) is 25.7 Å². The van der Waals surface area contributed by atoms with Crippen molar-refractivity contribution in [1.29, 1.82) is 0 Å². The molecule has 8 heteroatoms. The van der Waals surface area contributed by atoms with Gasteiger partial charge in [-0.25, -0.2) is 14.3 Å². The average Bonchev–Trinajstić information content (AvgIpc) is 3.44. The summed E-state index contributed by atoms with van der Waals surface area (Å²) >= 11 is 1.58. The first kappa shape index (κ1) is 24.8. The van der Waals surface area contributed by atoms with E-state index in [1.54, 1.807) is 36.5 Å². The van der Waals surface area contributed by atoms with Crippen LogP contribution in [0.5, 0.6) is 0 Å². The van der Waals surface area contributed by atoms with Gasteiger partial charge in [0.25, 0.3) is 11.8 Å². The van der Waals surface area contributed by atoms with Crippen molar-refractivity contribution in [2.24, 2.45) is 0 Å². The molecule has 1 saturated heterocycles. The van der Waals surface area contributed by atoms with E-state index >= 15 is 0 Å². The second-order valence-electron chi connectivity index (χ2n) is 9.27. The minimum Gasteiger partial charge on any atom is -0.323 e. The maximum atomic E-state index is 14.4. The van der Waals surface area contributed by atoms with Gasteiger partial charge in [-0.3, -0.25) is 14.4 Å². The number of thiazole rings is 1. The first-order valence-corrected chi connectivity index (χ1v) is 13.0. The molecule has 1 aliphatic heterocycles. The summed E-state index contributed by atoms with van der Waals surface area (Å²) in [6.45, 7) is 5.72. The fourth-order valence-corrected chi connectivity index (χ4v) is 5.70. The van der Waals surface area contributed by atoms with E-state index in [1.807, 2.05) is 38.1 Å². The molecule has 0 saturated carbocycles. The molecule has 0 aliphatic carbocycles. The largest absolute Gasteiger partial charge is 0.323 e. The zero-order chi connectivity index (χ0) is 26.3. The van der Waals surface area contributed by atoms with Crippen LogP contribution in [0.15, 0.2) is 66.7 Å². The van der Waals surface area contributed by atoms with Crippen LogP contribution in [-0.4, -0.2) is 39.7 Å². The Labute approximate surface area is 218 Å². The molecule has 4 aromatic rings. The molecule has 0 bridgehead atoms. The monoisotopic (exact) mass is 515 g/mol. The zero-order valence-corrected chi connectivity index (χ0v) is 21.6. The van der Waals surface area contributed by atoms with E-state index in [4.69, 9.17) is 4.98 Å². The van der Waals surface area contributed by atoms with Gasteiger partial charge in [0, 0.05) is 11.6 Å². The Kier molecular flexibility index (Phi) is 6.60. The van der Waals surface area contributed by atoms with Gasteiger partial charge in [0.2, 0.25) is 5.91 Å². The van der Waals surface area contributed by atoms with Gasteiger partial charge in [-0.1, -0.05) is 25.1 Å². The Morgan fingerprint density at radius 2 is 1.86 bits per heavy atom. The van der Waals surface area contributed by atoms with Gasteiger partial charge in [0.1, 0.15) is 16.9 Å². The SMILES string of the molecule is CCC(C)N(C(=O)c1ccccc1F)C1CC(=O)N(c2ccc(-c3nc4ccc(C)cc4s3)cc2)C1=O. The fraction of sp³-hybridized carbons (Fsp3) is 0.241. The smallest absolute Gasteiger partial charge is 0.257 e. The molecule has 3 aromatic carbocycles. The highest BCUT2D eigenvalue weighted by atomic mass is 32.1. The van der Waals surface area contributed by atoms with Crippen molar-refractivity contribution in [1.82, 2.24) is 9.88 Å². The number of nitrogens with zero attached hydrogens (tertiary/aromatic N) is 3. The minimum atomic E-state index is -0.998. The van der Waals surface area contributed by atoms with Crippen LogP contribution in [0.3, 0.4) is 0 Å². The summed E-state index contributed by atoms with van der Waals surface area (Å²) in [5, 5.41) is 0.850. The molecule has 0 N–H and O–H groups in total. The number of aryl methyl sites for hydroxylation is 1. The number of benzene rings is 3. The van der Waals surface area contributed by atoms with E-state index in [-0.39, 0.29) is 18.0 Å². The van der Waals surface area contributed by atoms with E-state index in [2.05, 4.69) is 6.07 Å². The van der Waals surface area contributed by atoms with E-state index < -0.39 is 29.6 Å². The molecule has 0 spiro atoms. The van der Waals surface area contributed by atoms with Gasteiger partial charge in [0.15, 0.2) is 0 Å². The van der Waals surface area contributed by atoms with Gasteiger partial charge in [-0.15, -0.1) is 11.3 Å². The van der Waals surface area contributed by atoms with Crippen LogP contribution in [0, 0.1) is 12.7 Å². The Morgan fingerprint density at radius 3 is 2.57 bits per heavy atom. The second-order valence-corrected chi connectivity index (χ2v) is 10.3. The van der Waals surface area contributed by atoms with Gasteiger partial charge < -0.3 is 4.90 Å². The molecule has 3 amide bonds. The average molecular weight is 516 g/mol. The second kappa shape index (κ2) is 9.86. The van der Waals surface area contributed by atoms with Crippen molar-refractivity contribution in [2.75, 3.05) is 4.90 Å². The van der Waals surface area contributed by atoms with Crippen molar-refractivity contribution in [3.8, 4) is 10.6 Å². The van der Waals surface area contributed by atoms with Crippen molar-refractivity contribution in [3.63, 3.8) is 0 Å². The molecule has 1 aliphatic rings. The number of hydrogen-bond donors (Lipinski definition) is 0. The number of fused-ring (bicyclic) bond motifs is 1. The molecule has 1 aromatic heterocycles. The number of imide groups is 1. The number of rotatable bonds is 6. The maximum absolute atomic E-state index is 14.4. The molecule has 2 atom stereocenters. The zero-order valence-electron chi connectivity index (χ0n) is 20.8. The Hall–Kier alpha value is -3.91. The lowest BCUT2D eigenvalue weighted by Gasteiger charge is -2.33. The number of anilines is 1. The first-order valence-electron chi connectivity index (χ1n) is 12.2. The van der Waals surface area contributed by atoms with Crippen molar-refractivity contribution < 1.29 is 18.8 Å². The van der Waals surface area contributed by atoms with E-state index in [0.29, 0.717) is 12.1 Å². The molecule has 2 unspecified atom stereocenters. The van der Waals surface area contributed by atoms with E-state index in [9.17, 15) is 18.8 Å². The molecule has 6 nitrogen and oxygen atoms in total. The number of carbonyl (C=O) groups is 3. The highest BCUT2D eigenvalue weighted by Crippen LogP contribution is 2.34.